The monoisotopic (exact) mass is 282 g/mol. The summed E-state index contributed by atoms with van der Waals surface area (Å²) in [5.41, 5.74) is 0.284. The number of nitrogens with zero attached hydrogens (tertiary/aromatic N) is 1. The van der Waals surface area contributed by atoms with Crippen LogP contribution >= 0.6 is 0 Å². The Kier molecular flexibility index (Phi) is 4.09. The van der Waals surface area contributed by atoms with Crippen LogP contribution < -0.4 is 10.6 Å². The van der Waals surface area contributed by atoms with Crippen molar-refractivity contribution in [1.29, 1.82) is 0 Å². The summed E-state index contributed by atoms with van der Waals surface area (Å²) in [7, 11) is 0. The molecule has 0 aromatic heterocycles. The van der Waals surface area contributed by atoms with Crippen molar-refractivity contribution in [1.82, 2.24) is 10.2 Å². The van der Waals surface area contributed by atoms with E-state index in [0.717, 1.165) is 25.8 Å². The van der Waals surface area contributed by atoms with Crippen LogP contribution in [-0.2, 0) is 9.59 Å². The number of nitrogens with one attached hydrogen (secondary N) is 1. The van der Waals surface area contributed by atoms with Gasteiger partial charge in [0.2, 0.25) is 11.8 Å². The van der Waals surface area contributed by atoms with Crippen molar-refractivity contribution in [2.45, 2.75) is 70.5 Å². The number of carbonyl (C=O) groups excluding carboxylic acids is 2. The lowest BCUT2D eigenvalue weighted by Gasteiger charge is -2.43. The second kappa shape index (κ2) is 5.35. The normalized spacial score (nSPS) is 25.8. The molecule has 2 heterocycles. The number of nitrogens with two attached hydrogens (primary N) is 1. The van der Waals surface area contributed by atoms with Gasteiger partial charge in [0.15, 0.2) is 0 Å². The lowest BCUT2D eigenvalue weighted by atomic mass is 9.79. The molecule has 3 N–H and O–H groups in total. The van der Waals surface area contributed by atoms with Gasteiger partial charge in [0.25, 0.3) is 0 Å². The summed E-state index contributed by atoms with van der Waals surface area (Å²) in [6.45, 7) is 9.82. The smallest absolute Gasteiger partial charge is 0.239 e. The van der Waals surface area contributed by atoms with E-state index in [1.54, 1.807) is 4.90 Å². The number of hydrogen-bond donors (Lipinski definition) is 2. The maximum atomic E-state index is 12.1. The topological polar surface area (TPSA) is 66.0 Å². The SMILES string of the molecule is CC1(C)CC(NC(=O)CN2CCCC2=O)CC(C)(C)[NH2+]1. The molecule has 2 aliphatic rings. The number of quaternary nitrogens is 1. The highest BCUT2D eigenvalue weighted by molar-refractivity contribution is 5.85. The molecule has 0 aliphatic carbocycles. The second-order valence-corrected chi connectivity index (χ2v) is 7.71. The molecule has 20 heavy (non-hydrogen) atoms. The van der Waals surface area contributed by atoms with Gasteiger partial charge in [-0.2, -0.15) is 0 Å². The Bertz CT molecular complexity index is 388. The van der Waals surface area contributed by atoms with Gasteiger partial charge in [-0.05, 0) is 34.1 Å². The number of carbonyl (C=O) groups is 2. The quantitative estimate of drug-likeness (QED) is 0.766. The van der Waals surface area contributed by atoms with E-state index in [2.05, 4.69) is 38.3 Å². The third-order valence-corrected chi connectivity index (χ3v) is 4.20. The van der Waals surface area contributed by atoms with Crippen LogP contribution in [0.25, 0.3) is 0 Å². The van der Waals surface area contributed by atoms with Crippen molar-refractivity contribution in [3.63, 3.8) is 0 Å². The largest absolute Gasteiger partial charge is 0.351 e. The number of amides is 2. The summed E-state index contributed by atoms with van der Waals surface area (Å²) in [6.07, 6.45) is 3.41. The van der Waals surface area contributed by atoms with E-state index in [-0.39, 0.29) is 35.5 Å². The van der Waals surface area contributed by atoms with E-state index >= 15 is 0 Å². The van der Waals surface area contributed by atoms with Crippen LogP contribution in [0, 0.1) is 0 Å². The first kappa shape index (κ1) is 15.3. The predicted octanol–water partition coefficient (Wildman–Crippen LogP) is 0.00800. The van der Waals surface area contributed by atoms with E-state index in [4.69, 9.17) is 0 Å². The van der Waals surface area contributed by atoms with E-state index in [9.17, 15) is 9.59 Å². The number of rotatable bonds is 3. The van der Waals surface area contributed by atoms with Gasteiger partial charge in [-0.1, -0.05) is 0 Å². The molecule has 5 nitrogen and oxygen atoms in total. The Hall–Kier alpha value is -1.10. The minimum Gasteiger partial charge on any atom is -0.351 e. The fourth-order valence-electron chi connectivity index (χ4n) is 3.94. The van der Waals surface area contributed by atoms with Gasteiger partial charge in [0.1, 0.15) is 0 Å². The lowest BCUT2D eigenvalue weighted by Crippen LogP contribution is -3.06. The zero-order valence-electron chi connectivity index (χ0n) is 13.2. The maximum Gasteiger partial charge on any atom is 0.239 e. The molecular formula is C15H28N3O2+. The van der Waals surface area contributed by atoms with Crippen LogP contribution in [0.2, 0.25) is 0 Å². The molecule has 2 aliphatic heterocycles. The van der Waals surface area contributed by atoms with Crippen molar-refractivity contribution in [3.05, 3.63) is 0 Å². The van der Waals surface area contributed by atoms with Crippen molar-refractivity contribution < 1.29 is 14.9 Å². The Labute approximate surface area is 121 Å². The first-order valence-corrected chi connectivity index (χ1v) is 7.61. The third-order valence-electron chi connectivity index (χ3n) is 4.20. The third kappa shape index (κ3) is 3.95. The summed E-state index contributed by atoms with van der Waals surface area (Å²) in [4.78, 5) is 25.3. The van der Waals surface area contributed by atoms with Gasteiger partial charge in [-0.15, -0.1) is 0 Å². The molecule has 2 fully saturated rings. The zero-order chi connectivity index (χ0) is 15.0. The van der Waals surface area contributed by atoms with Gasteiger partial charge >= 0.3 is 0 Å². The Morgan fingerprint density at radius 1 is 1.30 bits per heavy atom. The molecule has 114 valence electrons. The molecule has 0 atom stereocenters. The van der Waals surface area contributed by atoms with E-state index in [1.807, 2.05) is 0 Å². The average Bonchev–Trinajstić information content (AvgIpc) is 2.58. The summed E-state index contributed by atoms with van der Waals surface area (Å²) in [5, 5.41) is 5.52. The fraction of sp³-hybridized carbons (Fsp3) is 0.867. The minimum absolute atomic E-state index is 0.0150. The molecule has 2 amide bonds. The molecular weight excluding hydrogens is 254 g/mol. The molecule has 2 saturated heterocycles. The van der Waals surface area contributed by atoms with Crippen LogP contribution in [0.1, 0.15) is 53.4 Å². The summed E-state index contributed by atoms with van der Waals surface area (Å²) < 4.78 is 0. The predicted molar refractivity (Wildman–Crippen MR) is 77.1 cm³/mol. The van der Waals surface area contributed by atoms with Crippen molar-refractivity contribution in [2.24, 2.45) is 0 Å². The van der Waals surface area contributed by atoms with Crippen molar-refractivity contribution in [3.8, 4) is 0 Å². The number of hydrogen-bond acceptors (Lipinski definition) is 2. The highest BCUT2D eigenvalue weighted by Crippen LogP contribution is 2.21. The van der Waals surface area contributed by atoms with E-state index in [1.165, 1.54) is 0 Å². The Morgan fingerprint density at radius 3 is 2.40 bits per heavy atom. The summed E-state index contributed by atoms with van der Waals surface area (Å²) in [5.74, 6) is 0.0940. The van der Waals surface area contributed by atoms with Crippen LogP contribution in [0.3, 0.4) is 0 Å². The maximum absolute atomic E-state index is 12.1. The zero-order valence-corrected chi connectivity index (χ0v) is 13.2. The van der Waals surface area contributed by atoms with Gasteiger partial charge in [0.05, 0.1) is 17.6 Å². The fourth-order valence-corrected chi connectivity index (χ4v) is 3.94. The van der Waals surface area contributed by atoms with Crippen molar-refractivity contribution in [2.75, 3.05) is 13.1 Å². The first-order chi connectivity index (χ1) is 9.17. The number of piperidine rings is 1. The second-order valence-electron chi connectivity index (χ2n) is 7.71. The van der Waals surface area contributed by atoms with Gasteiger partial charge in [0, 0.05) is 31.8 Å². The standard InChI is InChI=1S/C15H27N3O2/c1-14(2)8-11(9-15(3,4)17-14)16-12(19)10-18-7-5-6-13(18)20/h11,17H,5-10H2,1-4H3,(H,16,19)/p+1. The molecule has 0 saturated carbocycles. The van der Waals surface area contributed by atoms with Crippen LogP contribution in [0.5, 0.6) is 0 Å². The van der Waals surface area contributed by atoms with E-state index < -0.39 is 0 Å². The van der Waals surface area contributed by atoms with E-state index in [0.29, 0.717) is 6.42 Å². The van der Waals surface area contributed by atoms with Gasteiger partial charge in [-0.3, -0.25) is 9.59 Å². The van der Waals surface area contributed by atoms with Crippen molar-refractivity contribution >= 4 is 11.8 Å². The van der Waals surface area contributed by atoms with Gasteiger partial charge in [-0.25, -0.2) is 0 Å². The molecule has 5 heteroatoms. The highest BCUT2D eigenvalue weighted by atomic mass is 16.2. The van der Waals surface area contributed by atoms with Crippen LogP contribution in [0.15, 0.2) is 0 Å². The Balaban J connectivity index is 1.88. The number of likely N-dealkylation sites (tertiary alicyclic amines) is 1. The van der Waals surface area contributed by atoms with Gasteiger partial charge < -0.3 is 15.5 Å². The molecule has 0 unspecified atom stereocenters. The molecule has 0 bridgehead atoms. The molecule has 0 aromatic rings. The molecule has 0 radical (unpaired) electrons. The highest BCUT2D eigenvalue weighted by Gasteiger charge is 2.42. The average molecular weight is 282 g/mol. The minimum atomic E-state index is -0.0150. The first-order valence-electron chi connectivity index (χ1n) is 7.61. The van der Waals surface area contributed by atoms with Crippen LogP contribution in [0.4, 0.5) is 0 Å². The summed E-state index contributed by atoms with van der Waals surface area (Å²) in [6, 6.07) is 0.204. The Morgan fingerprint density at radius 2 is 1.90 bits per heavy atom. The lowest BCUT2D eigenvalue weighted by molar-refractivity contribution is -0.787. The van der Waals surface area contributed by atoms with Crippen LogP contribution in [-0.4, -0.2) is 46.9 Å². The summed E-state index contributed by atoms with van der Waals surface area (Å²) >= 11 is 0. The molecule has 0 aromatic carbocycles. The molecule has 2 rings (SSSR count). The molecule has 0 spiro atoms.